The van der Waals surface area contributed by atoms with Crippen molar-refractivity contribution in [1.29, 1.82) is 0 Å². The molecule has 3 saturated heterocycles. The first-order chi connectivity index (χ1) is 9.11. The third kappa shape index (κ3) is 1.06. The summed E-state index contributed by atoms with van der Waals surface area (Å²) in [4.78, 5) is 50.8. The zero-order valence-corrected chi connectivity index (χ0v) is 13.9. The number of fused-ring (bicyclic) bond motifs is 4. The lowest BCUT2D eigenvalue weighted by Gasteiger charge is -2.63. The van der Waals surface area contributed by atoms with Crippen molar-refractivity contribution >= 4 is 55.6 Å². The second-order valence-electron chi connectivity index (χ2n) is 4.95. The molecule has 0 bridgehead atoms. The van der Waals surface area contributed by atoms with Gasteiger partial charge in [0.05, 0.1) is 0 Å². The minimum Gasteiger partial charge on any atom is -0.282 e. The van der Waals surface area contributed by atoms with Crippen LogP contribution >= 0.6 is 31.9 Å². The molecule has 0 aromatic carbocycles. The first-order valence-corrected chi connectivity index (χ1v) is 7.25. The van der Waals surface area contributed by atoms with Gasteiger partial charge in [0.25, 0.3) is 17.7 Å². The van der Waals surface area contributed by atoms with Crippen molar-refractivity contribution in [3.63, 3.8) is 0 Å². The second-order valence-corrected chi connectivity index (χ2v) is 7.35. The number of carbonyl (C=O) groups is 4. The highest BCUT2D eigenvalue weighted by Crippen LogP contribution is 2.62. The van der Waals surface area contributed by atoms with Crippen LogP contribution in [0.25, 0.3) is 0 Å². The van der Waals surface area contributed by atoms with E-state index in [4.69, 9.17) is 0 Å². The van der Waals surface area contributed by atoms with Crippen LogP contribution in [0.4, 0.5) is 4.79 Å². The van der Waals surface area contributed by atoms with Gasteiger partial charge in [-0.1, -0.05) is 31.9 Å². The van der Waals surface area contributed by atoms with Crippen molar-refractivity contribution in [3.05, 3.63) is 0 Å². The van der Waals surface area contributed by atoms with E-state index in [9.17, 15) is 19.2 Å². The number of likely N-dealkylation sites (tertiary alicyclic amines) is 1. The van der Waals surface area contributed by atoms with Crippen molar-refractivity contribution < 1.29 is 19.2 Å². The van der Waals surface area contributed by atoms with Gasteiger partial charge in [-0.15, -0.1) is 0 Å². The normalized spacial score (nSPS) is 41.0. The molecule has 8 nitrogen and oxygen atoms in total. The van der Waals surface area contributed by atoms with Crippen LogP contribution < -0.4 is 0 Å². The maximum atomic E-state index is 12.3. The lowest BCUT2D eigenvalue weighted by Crippen LogP contribution is -2.89. The van der Waals surface area contributed by atoms with E-state index in [0.717, 1.165) is 9.80 Å². The summed E-state index contributed by atoms with van der Waals surface area (Å²) in [7, 11) is 4.14. The Morgan fingerprint density at radius 2 is 1.50 bits per heavy atom. The number of nitrogens with zero attached hydrogens (tertiary/aromatic N) is 4. The molecule has 108 valence electrons. The molecule has 0 aromatic heterocycles. The molecule has 3 rings (SSSR count). The fourth-order valence-electron chi connectivity index (χ4n) is 2.94. The van der Waals surface area contributed by atoms with E-state index in [1.165, 1.54) is 31.2 Å². The Balaban J connectivity index is 2.19. The molecule has 3 aliphatic rings. The summed E-state index contributed by atoms with van der Waals surface area (Å²) >= 11 is 6.52. The van der Waals surface area contributed by atoms with Crippen LogP contribution in [0.3, 0.4) is 0 Å². The number of alkyl halides is 2. The van der Waals surface area contributed by atoms with Crippen LogP contribution in [0.5, 0.6) is 0 Å². The van der Waals surface area contributed by atoms with Crippen LogP contribution in [0.2, 0.25) is 0 Å². The quantitative estimate of drug-likeness (QED) is 0.301. The van der Waals surface area contributed by atoms with E-state index >= 15 is 0 Å². The molecule has 0 unspecified atom stereocenters. The summed E-state index contributed by atoms with van der Waals surface area (Å²) < 4.78 is -2.87. The summed E-state index contributed by atoms with van der Waals surface area (Å²) in [6, 6.07) is -1.51. The molecule has 0 radical (unpaired) electrons. The number of halogens is 2. The monoisotopic (exact) mass is 408 g/mol. The largest absolute Gasteiger partial charge is 0.340 e. The maximum absolute atomic E-state index is 12.3. The number of urea groups is 1. The van der Waals surface area contributed by atoms with Gasteiger partial charge in [-0.3, -0.25) is 29.2 Å². The third-order valence-electron chi connectivity index (χ3n) is 4.07. The average Bonchev–Trinajstić information content (AvgIpc) is 2.52. The van der Waals surface area contributed by atoms with Crippen molar-refractivity contribution in [2.45, 2.75) is 14.8 Å². The van der Waals surface area contributed by atoms with Crippen molar-refractivity contribution in [1.82, 2.24) is 19.8 Å². The summed E-state index contributed by atoms with van der Waals surface area (Å²) in [6.07, 6.45) is 0. The van der Waals surface area contributed by atoms with Gasteiger partial charge >= 0.3 is 6.03 Å². The van der Waals surface area contributed by atoms with Gasteiger partial charge in [-0.2, -0.15) is 5.01 Å². The molecule has 0 aliphatic carbocycles. The van der Waals surface area contributed by atoms with Crippen LogP contribution in [-0.4, -0.2) is 79.5 Å². The summed E-state index contributed by atoms with van der Waals surface area (Å²) in [5.41, 5.74) is 0. The summed E-state index contributed by atoms with van der Waals surface area (Å²) in [6.45, 7) is 0. The number of likely N-dealkylation sites (N-methyl/N-ethyl adjacent to an activating group) is 2. The van der Waals surface area contributed by atoms with E-state index in [0.29, 0.717) is 0 Å². The minimum absolute atomic E-state index is 0.509. The Bertz CT molecular complexity index is 598. The molecule has 5 amide bonds. The van der Waals surface area contributed by atoms with E-state index in [1.807, 2.05) is 0 Å². The van der Waals surface area contributed by atoms with Gasteiger partial charge in [0.15, 0.2) is 4.32 Å². The molecular weight excluding hydrogens is 400 g/mol. The predicted molar refractivity (Wildman–Crippen MR) is 72.6 cm³/mol. The Hall–Kier alpha value is -1.00. The fourth-order valence-corrected chi connectivity index (χ4v) is 5.04. The number of hydrogen-bond donors (Lipinski definition) is 0. The summed E-state index contributed by atoms with van der Waals surface area (Å²) in [5.74, 6) is -1.56. The van der Waals surface area contributed by atoms with E-state index in [-0.39, 0.29) is 0 Å². The second kappa shape index (κ2) is 3.60. The Kier molecular flexibility index (Phi) is 2.51. The highest BCUT2D eigenvalue weighted by Gasteiger charge is 2.86. The van der Waals surface area contributed by atoms with Gasteiger partial charge in [0, 0.05) is 21.1 Å². The number of amides is 5. The Morgan fingerprint density at radius 1 is 0.950 bits per heavy atom. The molecular formula is C10H10Br2N4O4. The predicted octanol–water partition coefficient (Wildman–Crippen LogP) is -0.667. The van der Waals surface area contributed by atoms with E-state index < -0.39 is 38.6 Å². The number of rotatable bonds is 0. The first-order valence-electron chi connectivity index (χ1n) is 5.66. The zero-order valence-electron chi connectivity index (χ0n) is 10.8. The average molecular weight is 410 g/mol. The molecule has 0 aromatic rings. The minimum atomic E-state index is -1.46. The van der Waals surface area contributed by atoms with Crippen molar-refractivity contribution in [2.75, 3.05) is 21.1 Å². The molecule has 0 N–H and O–H groups in total. The van der Waals surface area contributed by atoms with Crippen molar-refractivity contribution in [2.24, 2.45) is 0 Å². The van der Waals surface area contributed by atoms with Gasteiger partial charge in [0.1, 0.15) is 6.04 Å². The van der Waals surface area contributed by atoms with Crippen molar-refractivity contribution in [3.8, 4) is 0 Å². The number of hydrazine groups is 1. The standard InChI is InChI=1S/C10H10Br2N4O4/c1-13-5(17)4-9(11)6(18)14(2)7(19)10(9,12)16(4)15(3)8(13)20/h4H,1-3H3/t4-,9-,10-/m0/s1. The van der Waals surface area contributed by atoms with Crippen LogP contribution in [0.1, 0.15) is 0 Å². The van der Waals surface area contributed by atoms with Gasteiger partial charge < -0.3 is 0 Å². The first kappa shape index (κ1) is 14.0. The third-order valence-corrected chi connectivity index (χ3v) is 7.28. The Labute approximate surface area is 130 Å². The van der Waals surface area contributed by atoms with Gasteiger partial charge in [-0.05, 0) is 0 Å². The zero-order chi connectivity index (χ0) is 15.2. The molecule has 3 aliphatic heterocycles. The molecule has 0 saturated carbocycles. The Morgan fingerprint density at radius 3 is 2.05 bits per heavy atom. The molecule has 0 spiro atoms. The number of imide groups is 2. The molecule has 20 heavy (non-hydrogen) atoms. The SMILES string of the molecule is CN1C(=O)[C@@H]2N(N(C)C1=O)[C@@]1(Br)C(=O)N(C)C(=O)[C@@]21Br. The lowest BCUT2D eigenvalue weighted by atomic mass is 9.80. The van der Waals surface area contributed by atoms with Crippen LogP contribution in [0.15, 0.2) is 0 Å². The van der Waals surface area contributed by atoms with Gasteiger partial charge in [-0.25, -0.2) is 4.79 Å². The van der Waals surface area contributed by atoms with Crippen LogP contribution in [0, 0.1) is 0 Å². The van der Waals surface area contributed by atoms with Gasteiger partial charge in [0.2, 0.25) is 4.45 Å². The van der Waals surface area contributed by atoms with E-state index in [2.05, 4.69) is 31.9 Å². The van der Waals surface area contributed by atoms with Crippen LogP contribution in [-0.2, 0) is 14.4 Å². The molecule has 3 fully saturated rings. The number of carbonyl (C=O) groups excluding carboxylic acids is 4. The summed E-state index contributed by atoms with van der Waals surface area (Å²) in [5, 5.41) is 2.47. The molecule has 3 heterocycles. The highest BCUT2D eigenvalue weighted by molar-refractivity contribution is 9.13. The number of hydrogen-bond acceptors (Lipinski definition) is 5. The van der Waals surface area contributed by atoms with E-state index in [1.54, 1.807) is 0 Å². The highest BCUT2D eigenvalue weighted by atomic mass is 79.9. The lowest BCUT2D eigenvalue weighted by molar-refractivity contribution is -0.193. The molecule has 3 atom stereocenters. The molecule has 10 heteroatoms. The maximum Gasteiger partial charge on any atom is 0.340 e. The fraction of sp³-hybridized carbons (Fsp3) is 0.600. The topological polar surface area (TPSA) is 81.2 Å². The smallest absolute Gasteiger partial charge is 0.282 e.